The minimum absolute atomic E-state index is 0.0166. The molecule has 2 aromatic carbocycles. The van der Waals surface area contributed by atoms with E-state index in [0.717, 1.165) is 48.6 Å². The summed E-state index contributed by atoms with van der Waals surface area (Å²) in [5, 5.41) is 5.56. The van der Waals surface area contributed by atoms with Gasteiger partial charge in [0.15, 0.2) is 0 Å². The summed E-state index contributed by atoms with van der Waals surface area (Å²) in [6.07, 6.45) is 0. The third kappa shape index (κ3) is 5.83. The first-order chi connectivity index (χ1) is 14.9. The first-order valence-corrected chi connectivity index (χ1v) is 10.6. The first-order valence-electron chi connectivity index (χ1n) is 10.6. The zero-order chi connectivity index (χ0) is 22.4. The molecule has 0 aliphatic carbocycles. The second-order valence-electron chi connectivity index (χ2n) is 8.04. The number of ether oxygens (including phenoxy) is 1. The van der Waals surface area contributed by atoms with Gasteiger partial charge in [-0.05, 0) is 55.8 Å². The standard InChI is InChI=1S/C24H32N4O3/c1-17-6-5-7-21(18(17)2)26-24(30)23(29)25-16-22(28-14-12-27(3)13-15-28)19-8-10-20(31-4)11-9-19/h5-11,22H,12-16H2,1-4H3,(H,25,29)(H,26,30). The van der Waals surface area contributed by atoms with Gasteiger partial charge in [0.05, 0.1) is 13.2 Å². The Hall–Kier alpha value is -2.90. The molecule has 3 rings (SSSR count). The summed E-state index contributed by atoms with van der Waals surface area (Å²) in [6.45, 7) is 7.99. The van der Waals surface area contributed by atoms with Gasteiger partial charge in [-0.3, -0.25) is 14.5 Å². The van der Waals surface area contributed by atoms with Gasteiger partial charge < -0.3 is 20.3 Å². The topological polar surface area (TPSA) is 73.9 Å². The van der Waals surface area contributed by atoms with E-state index in [1.807, 2.05) is 50.2 Å². The number of benzene rings is 2. The number of rotatable bonds is 6. The SMILES string of the molecule is COc1ccc(C(CNC(=O)C(=O)Nc2cccc(C)c2C)N2CCN(C)CC2)cc1. The molecule has 0 radical (unpaired) electrons. The molecule has 7 nitrogen and oxygen atoms in total. The maximum absolute atomic E-state index is 12.5. The average Bonchev–Trinajstić information content (AvgIpc) is 2.78. The normalized spacial score (nSPS) is 15.9. The summed E-state index contributed by atoms with van der Waals surface area (Å²) < 4.78 is 5.27. The summed E-state index contributed by atoms with van der Waals surface area (Å²) in [6, 6.07) is 13.5. The molecule has 0 spiro atoms. The van der Waals surface area contributed by atoms with Crippen LogP contribution in [-0.2, 0) is 9.59 Å². The lowest BCUT2D eigenvalue weighted by Crippen LogP contribution is -2.49. The van der Waals surface area contributed by atoms with Crippen LogP contribution >= 0.6 is 0 Å². The zero-order valence-corrected chi connectivity index (χ0v) is 18.8. The number of amides is 2. The van der Waals surface area contributed by atoms with E-state index in [1.54, 1.807) is 13.2 Å². The maximum Gasteiger partial charge on any atom is 0.313 e. The van der Waals surface area contributed by atoms with Gasteiger partial charge >= 0.3 is 11.8 Å². The van der Waals surface area contributed by atoms with Gasteiger partial charge in [-0.2, -0.15) is 0 Å². The van der Waals surface area contributed by atoms with Crippen LogP contribution < -0.4 is 15.4 Å². The van der Waals surface area contributed by atoms with E-state index in [2.05, 4.69) is 27.5 Å². The Labute approximate surface area is 184 Å². The molecule has 1 unspecified atom stereocenters. The number of hydrogen-bond donors (Lipinski definition) is 2. The second-order valence-corrected chi connectivity index (χ2v) is 8.04. The highest BCUT2D eigenvalue weighted by Crippen LogP contribution is 2.24. The van der Waals surface area contributed by atoms with Gasteiger partial charge in [-0.25, -0.2) is 0 Å². The first kappa shape index (κ1) is 22.8. The molecule has 166 valence electrons. The fourth-order valence-electron chi connectivity index (χ4n) is 3.75. The summed E-state index contributed by atoms with van der Waals surface area (Å²) in [7, 11) is 3.75. The number of piperazine rings is 1. The molecule has 1 aliphatic rings. The van der Waals surface area contributed by atoms with Crippen molar-refractivity contribution in [2.75, 3.05) is 52.2 Å². The fourth-order valence-corrected chi connectivity index (χ4v) is 3.75. The van der Waals surface area contributed by atoms with Crippen molar-refractivity contribution in [2.45, 2.75) is 19.9 Å². The minimum atomic E-state index is -0.652. The van der Waals surface area contributed by atoms with Crippen LogP contribution in [0.15, 0.2) is 42.5 Å². The minimum Gasteiger partial charge on any atom is -0.497 e. The Morgan fingerprint density at radius 3 is 2.32 bits per heavy atom. The van der Waals surface area contributed by atoms with E-state index < -0.39 is 11.8 Å². The van der Waals surface area contributed by atoms with E-state index in [-0.39, 0.29) is 6.04 Å². The lowest BCUT2D eigenvalue weighted by molar-refractivity contribution is -0.136. The third-order valence-electron chi connectivity index (χ3n) is 5.99. The molecular formula is C24H32N4O3. The molecule has 1 atom stereocenters. The third-order valence-corrected chi connectivity index (χ3v) is 5.99. The molecule has 1 fully saturated rings. The number of nitrogens with zero attached hydrogens (tertiary/aromatic N) is 2. The Morgan fingerprint density at radius 1 is 1.00 bits per heavy atom. The number of nitrogens with one attached hydrogen (secondary N) is 2. The summed E-state index contributed by atoms with van der Waals surface area (Å²) in [4.78, 5) is 29.7. The van der Waals surface area contributed by atoms with Crippen LogP contribution in [0.1, 0.15) is 22.7 Å². The molecule has 7 heteroatoms. The zero-order valence-electron chi connectivity index (χ0n) is 18.8. The van der Waals surface area contributed by atoms with Crippen molar-refractivity contribution in [1.29, 1.82) is 0 Å². The largest absolute Gasteiger partial charge is 0.497 e. The van der Waals surface area contributed by atoms with Gasteiger partial charge in [-0.1, -0.05) is 24.3 Å². The van der Waals surface area contributed by atoms with E-state index >= 15 is 0 Å². The van der Waals surface area contributed by atoms with E-state index in [4.69, 9.17) is 4.74 Å². The number of methoxy groups -OCH3 is 1. The number of likely N-dealkylation sites (N-methyl/N-ethyl adjacent to an activating group) is 1. The van der Waals surface area contributed by atoms with Crippen molar-refractivity contribution in [3.63, 3.8) is 0 Å². The van der Waals surface area contributed by atoms with Crippen LogP contribution in [-0.4, -0.2) is 68.5 Å². The van der Waals surface area contributed by atoms with Crippen LogP contribution in [0.4, 0.5) is 5.69 Å². The Balaban J connectivity index is 1.67. The van der Waals surface area contributed by atoms with Gasteiger partial charge in [0.2, 0.25) is 0 Å². The summed E-state index contributed by atoms with van der Waals surface area (Å²) in [5.74, 6) is -0.494. The van der Waals surface area contributed by atoms with Crippen LogP contribution in [0.2, 0.25) is 0 Å². The average molecular weight is 425 g/mol. The predicted molar refractivity (Wildman–Crippen MR) is 122 cm³/mol. The van der Waals surface area contributed by atoms with Crippen molar-refractivity contribution in [2.24, 2.45) is 0 Å². The summed E-state index contributed by atoms with van der Waals surface area (Å²) in [5.41, 5.74) is 3.76. The molecule has 0 aromatic heterocycles. The second kappa shape index (κ2) is 10.4. The van der Waals surface area contributed by atoms with E-state index in [0.29, 0.717) is 12.2 Å². The molecule has 31 heavy (non-hydrogen) atoms. The highest BCUT2D eigenvalue weighted by atomic mass is 16.5. The highest BCUT2D eigenvalue weighted by Gasteiger charge is 2.25. The maximum atomic E-state index is 12.5. The summed E-state index contributed by atoms with van der Waals surface area (Å²) >= 11 is 0. The molecule has 1 saturated heterocycles. The Bertz CT molecular complexity index is 906. The molecule has 1 aliphatic heterocycles. The number of carbonyl (C=O) groups excluding carboxylic acids is 2. The van der Waals surface area contributed by atoms with Crippen LogP contribution in [0.5, 0.6) is 5.75 Å². The molecule has 0 bridgehead atoms. The molecule has 2 N–H and O–H groups in total. The van der Waals surface area contributed by atoms with Crippen molar-refractivity contribution in [3.8, 4) is 5.75 Å². The lowest BCUT2D eigenvalue weighted by Gasteiger charge is -2.38. The highest BCUT2D eigenvalue weighted by molar-refractivity contribution is 6.39. The van der Waals surface area contributed by atoms with E-state index in [9.17, 15) is 9.59 Å². The molecule has 2 aromatic rings. The molecular weight excluding hydrogens is 392 g/mol. The monoisotopic (exact) mass is 424 g/mol. The van der Waals surface area contributed by atoms with Crippen LogP contribution in [0, 0.1) is 13.8 Å². The van der Waals surface area contributed by atoms with Gasteiger partial charge in [-0.15, -0.1) is 0 Å². The molecule has 1 heterocycles. The van der Waals surface area contributed by atoms with Gasteiger partial charge in [0.25, 0.3) is 0 Å². The van der Waals surface area contributed by atoms with Gasteiger partial charge in [0.1, 0.15) is 5.75 Å². The van der Waals surface area contributed by atoms with Crippen molar-refractivity contribution < 1.29 is 14.3 Å². The predicted octanol–water partition coefficient (Wildman–Crippen LogP) is 2.36. The van der Waals surface area contributed by atoms with Crippen LogP contribution in [0.3, 0.4) is 0 Å². The number of carbonyl (C=O) groups is 2. The van der Waals surface area contributed by atoms with E-state index in [1.165, 1.54) is 0 Å². The molecule has 0 saturated carbocycles. The smallest absolute Gasteiger partial charge is 0.313 e. The quantitative estimate of drug-likeness (QED) is 0.697. The van der Waals surface area contributed by atoms with Crippen molar-refractivity contribution in [3.05, 3.63) is 59.2 Å². The number of aryl methyl sites for hydroxylation is 1. The number of anilines is 1. The van der Waals surface area contributed by atoms with Gasteiger partial charge in [0, 0.05) is 38.4 Å². The van der Waals surface area contributed by atoms with Crippen molar-refractivity contribution in [1.82, 2.24) is 15.1 Å². The van der Waals surface area contributed by atoms with Crippen molar-refractivity contribution >= 4 is 17.5 Å². The Morgan fingerprint density at radius 2 is 1.68 bits per heavy atom. The Kier molecular flexibility index (Phi) is 7.65. The number of hydrogen-bond acceptors (Lipinski definition) is 5. The molecule has 2 amide bonds. The lowest BCUT2D eigenvalue weighted by atomic mass is 10.0. The fraction of sp³-hybridized carbons (Fsp3) is 0.417. The van der Waals surface area contributed by atoms with Crippen LogP contribution in [0.25, 0.3) is 0 Å².